The molecule has 1 aromatic carbocycles. The van der Waals surface area contributed by atoms with Gasteiger partial charge in [-0.05, 0) is 28.1 Å². The predicted molar refractivity (Wildman–Crippen MR) is 92.2 cm³/mol. The van der Waals surface area contributed by atoms with Gasteiger partial charge in [0.2, 0.25) is 0 Å². The van der Waals surface area contributed by atoms with Gasteiger partial charge in [0.05, 0.1) is 14.9 Å². The SMILES string of the molecule is N#Cc1nn(-c2c(Cl)cc(Cl)cc2Cl)c(N)c1SC(F)(Cl)Br. The zero-order chi connectivity index (χ0) is 16.7. The molecular formula is C11H4BrCl4FN4S. The molecule has 116 valence electrons. The summed E-state index contributed by atoms with van der Waals surface area (Å²) in [6, 6.07) is 4.69. The molecule has 0 spiro atoms. The second-order valence-electron chi connectivity index (χ2n) is 3.85. The molecule has 4 nitrogen and oxygen atoms in total. The molecule has 1 heterocycles. The lowest BCUT2D eigenvalue weighted by atomic mass is 10.3. The van der Waals surface area contributed by atoms with E-state index in [0.717, 1.165) is 4.68 Å². The molecule has 1 atom stereocenters. The lowest BCUT2D eigenvalue weighted by Gasteiger charge is -2.11. The third-order valence-electron chi connectivity index (χ3n) is 2.39. The fraction of sp³-hybridized carbons (Fsp3) is 0.0909. The summed E-state index contributed by atoms with van der Waals surface area (Å²) >= 11 is 26.6. The third-order valence-corrected chi connectivity index (χ3v) is 4.74. The topological polar surface area (TPSA) is 67.6 Å². The first-order chi connectivity index (χ1) is 10.1. The van der Waals surface area contributed by atoms with E-state index in [-0.39, 0.29) is 32.1 Å². The molecule has 0 aliphatic carbocycles. The number of hydrogen-bond donors (Lipinski definition) is 1. The van der Waals surface area contributed by atoms with Crippen LogP contribution in [0.15, 0.2) is 17.0 Å². The van der Waals surface area contributed by atoms with Gasteiger partial charge in [0.15, 0.2) is 5.69 Å². The summed E-state index contributed by atoms with van der Waals surface area (Å²) in [4.78, 5) is 0.0546. The van der Waals surface area contributed by atoms with Gasteiger partial charge in [-0.15, -0.1) is 0 Å². The van der Waals surface area contributed by atoms with Gasteiger partial charge in [-0.25, -0.2) is 9.07 Å². The molecule has 2 rings (SSSR count). The van der Waals surface area contributed by atoms with Crippen molar-refractivity contribution in [1.82, 2.24) is 9.78 Å². The first-order valence-electron chi connectivity index (χ1n) is 5.33. The molecule has 0 bridgehead atoms. The van der Waals surface area contributed by atoms with E-state index in [1.807, 2.05) is 6.07 Å². The summed E-state index contributed by atoms with van der Waals surface area (Å²) in [6.07, 6.45) is 0. The number of nitrogen functional groups attached to an aromatic ring is 1. The molecule has 0 amide bonds. The summed E-state index contributed by atoms with van der Waals surface area (Å²) in [5, 5.41) is 13.8. The minimum Gasteiger partial charge on any atom is -0.383 e. The Balaban J connectivity index is 2.67. The number of anilines is 1. The maximum absolute atomic E-state index is 13.6. The van der Waals surface area contributed by atoms with Gasteiger partial charge in [-0.2, -0.15) is 10.4 Å². The fourth-order valence-electron chi connectivity index (χ4n) is 1.61. The number of halogens is 6. The molecule has 2 N–H and O–H groups in total. The van der Waals surface area contributed by atoms with Gasteiger partial charge in [0.25, 0.3) is 3.37 Å². The van der Waals surface area contributed by atoms with Crippen molar-refractivity contribution in [1.29, 1.82) is 5.26 Å². The molecule has 11 heteroatoms. The van der Waals surface area contributed by atoms with Crippen LogP contribution in [0, 0.1) is 11.3 Å². The molecule has 22 heavy (non-hydrogen) atoms. The van der Waals surface area contributed by atoms with Crippen LogP contribution < -0.4 is 5.73 Å². The van der Waals surface area contributed by atoms with Crippen molar-refractivity contribution < 1.29 is 4.39 Å². The van der Waals surface area contributed by atoms with Crippen LogP contribution in [-0.2, 0) is 0 Å². The third kappa shape index (κ3) is 3.75. The lowest BCUT2D eigenvalue weighted by Crippen LogP contribution is -2.04. The van der Waals surface area contributed by atoms with Crippen LogP contribution in [0.3, 0.4) is 0 Å². The number of hydrogen-bond acceptors (Lipinski definition) is 4. The van der Waals surface area contributed by atoms with E-state index in [0.29, 0.717) is 16.8 Å². The summed E-state index contributed by atoms with van der Waals surface area (Å²) in [5.41, 5.74) is 6.03. The molecular weight excluding hydrogens is 461 g/mol. The van der Waals surface area contributed by atoms with Crippen LogP contribution in [0.2, 0.25) is 15.1 Å². The Hall–Kier alpha value is -0.360. The molecule has 1 aromatic heterocycles. The predicted octanol–water partition coefficient (Wildman–Crippen LogP) is 5.59. The van der Waals surface area contributed by atoms with Gasteiger partial charge >= 0.3 is 0 Å². The second-order valence-corrected chi connectivity index (χ2v) is 9.10. The highest BCUT2D eigenvalue weighted by Gasteiger charge is 2.30. The lowest BCUT2D eigenvalue weighted by molar-refractivity contribution is 0.533. The summed E-state index contributed by atoms with van der Waals surface area (Å²) in [5.74, 6) is -0.0326. The second kappa shape index (κ2) is 6.63. The Morgan fingerprint density at radius 2 is 1.91 bits per heavy atom. The summed E-state index contributed by atoms with van der Waals surface area (Å²) in [6.45, 7) is 0. The van der Waals surface area contributed by atoms with Gasteiger partial charge in [0, 0.05) is 5.02 Å². The average Bonchev–Trinajstić information content (AvgIpc) is 2.64. The maximum atomic E-state index is 13.6. The van der Waals surface area contributed by atoms with Gasteiger partial charge in [-0.1, -0.05) is 58.2 Å². The highest BCUT2D eigenvalue weighted by molar-refractivity contribution is 9.12. The van der Waals surface area contributed by atoms with Crippen LogP contribution in [0.25, 0.3) is 5.69 Å². The number of nitrogens with zero attached hydrogens (tertiary/aromatic N) is 3. The Morgan fingerprint density at radius 3 is 2.36 bits per heavy atom. The van der Waals surface area contributed by atoms with Crippen LogP contribution in [-0.4, -0.2) is 13.1 Å². The molecule has 0 aliphatic heterocycles. The Morgan fingerprint density at radius 1 is 1.36 bits per heavy atom. The average molecular weight is 465 g/mol. The van der Waals surface area contributed by atoms with Crippen molar-refractivity contribution >= 4 is 79.9 Å². The van der Waals surface area contributed by atoms with Gasteiger partial charge in [0.1, 0.15) is 17.6 Å². The normalized spacial score (nSPS) is 13.7. The molecule has 0 saturated carbocycles. The summed E-state index contributed by atoms with van der Waals surface area (Å²) < 4.78 is 12.4. The van der Waals surface area contributed by atoms with Crippen molar-refractivity contribution in [2.75, 3.05) is 5.73 Å². The molecule has 0 fully saturated rings. The summed E-state index contributed by atoms with van der Waals surface area (Å²) in [7, 11) is 0. The van der Waals surface area contributed by atoms with Crippen molar-refractivity contribution in [3.8, 4) is 11.8 Å². The minimum absolute atomic E-state index is 0.0326. The first kappa shape index (κ1) is 18.0. The number of benzene rings is 1. The number of thioether (sulfide) groups is 1. The van der Waals surface area contributed by atoms with Crippen molar-refractivity contribution in [2.24, 2.45) is 0 Å². The van der Waals surface area contributed by atoms with Crippen LogP contribution >= 0.6 is 74.1 Å². The van der Waals surface area contributed by atoms with Gasteiger partial charge in [-0.3, -0.25) is 0 Å². The number of nitriles is 1. The van der Waals surface area contributed by atoms with E-state index < -0.39 is 3.37 Å². The zero-order valence-electron chi connectivity index (χ0n) is 10.2. The smallest absolute Gasteiger partial charge is 0.289 e. The van der Waals surface area contributed by atoms with Crippen LogP contribution in [0.4, 0.5) is 10.2 Å². The van der Waals surface area contributed by atoms with Crippen LogP contribution in [0.1, 0.15) is 5.69 Å². The molecule has 0 saturated heterocycles. The van der Waals surface area contributed by atoms with E-state index in [4.69, 9.17) is 57.4 Å². The Labute approximate surface area is 157 Å². The zero-order valence-corrected chi connectivity index (χ0v) is 15.7. The number of rotatable bonds is 3. The van der Waals surface area contributed by atoms with E-state index in [2.05, 4.69) is 21.0 Å². The highest BCUT2D eigenvalue weighted by atomic mass is 79.9. The molecule has 2 aromatic rings. The number of aromatic nitrogens is 2. The maximum Gasteiger partial charge on any atom is 0.289 e. The number of nitrogens with two attached hydrogens (primary N) is 1. The van der Waals surface area contributed by atoms with E-state index in [9.17, 15) is 4.39 Å². The van der Waals surface area contributed by atoms with Gasteiger partial charge < -0.3 is 5.73 Å². The quantitative estimate of drug-likeness (QED) is 0.474. The van der Waals surface area contributed by atoms with Crippen molar-refractivity contribution in [3.05, 3.63) is 32.9 Å². The van der Waals surface area contributed by atoms with E-state index in [1.54, 1.807) is 0 Å². The van der Waals surface area contributed by atoms with Crippen LogP contribution in [0.5, 0.6) is 0 Å². The Kier molecular flexibility index (Phi) is 5.42. The molecule has 0 radical (unpaired) electrons. The monoisotopic (exact) mass is 462 g/mol. The molecule has 0 aliphatic rings. The minimum atomic E-state index is -2.34. The van der Waals surface area contributed by atoms with E-state index >= 15 is 0 Å². The number of alkyl halides is 3. The molecule has 1 unspecified atom stereocenters. The Bertz CT molecular complexity index is 761. The first-order valence-corrected chi connectivity index (χ1v) is 8.45. The highest BCUT2D eigenvalue weighted by Crippen LogP contribution is 2.47. The standard InChI is InChI=1S/C11H4BrCl4FN4S/c12-11(16,17)22-9-7(3-18)20-21(10(9)19)8-5(14)1-4(13)2-6(8)15/h1-2H,19H2. The largest absolute Gasteiger partial charge is 0.383 e. The van der Waals surface area contributed by atoms with E-state index in [1.165, 1.54) is 12.1 Å². The van der Waals surface area contributed by atoms with Crippen molar-refractivity contribution in [3.63, 3.8) is 0 Å². The van der Waals surface area contributed by atoms with Crippen molar-refractivity contribution in [2.45, 2.75) is 8.26 Å². The fourth-order valence-corrected chi connectivity index (χ4v) is 3.91.